The number of carbonyl (C=O) groups excluding carboxylic acids is 1. The van der Waals surface area contributed by atoms with Crippen LogP contribution in [0.4, 0.5) is 11.4 Å². The molecule has 0 fully saturated rings. The lowest BCUT2D eigenvalue weighted by Gasteiger charge is -2.37. The number of carbonyl (C=O) groups is 1. The van der Waals surface area contributed by atoms with E-state index in [1.807, 2.05) is 23.8 Å². The minimum atomic E-state index is -0.485. The number of rotatable bonds is 0. The van der Waals surface area contributed by atoms with Crippen molar-refractivity contribution in [1.82, 2.24) is 0 Å². The Morgan fingerprint density at radius 2 is 2.04 bits per heavy atom. The van der Waals surface area contributed by atoms with Crippen LogP contribution in [0, 0.1) is 0 Å². The van der Waals surface area contributed by atoms with Crippen LogP contribution in [0.1, 0.15) is 18.4 Å². The molecule has 1 aromatic carbocycles. The molecule has 4 aliphatic rings. The summed E-state index contributed by atoms with van der Waals surface area (Å²) in [4.78, 5) is 17.1. The number of hydrogen-bond donors (Lipinski definition) is 2. The highest BCUT2D eigenvalue weighted by Crippen LogP contribution is 2.48. The number of nitrogens with one attached hydrogen (secondary N) is 1. The van der Waals surface area contributed by atoms with Gasteiger partial charge in [-0.05, 0) is 44.7 Å². The Bertz CT molecular complexity index is 1110. The zero-order valence-corrected chi connectivity index (χ0v) is 17.2. The van der Waals surface area contributed by atoms with Gasteiger partial charge in [-0.1, -0.05) is 12.2 Å². The van der Waals surface area contributed by atoms with E-state index in [9.17, 15) is 9.90 Å². The molecule has 0 atom stereocenters. The summed E-state index contributed by atoms with van der Waals surface area (Å²) in [6.07, 6.45) is 7.68. The van der Waals surface area contributed by atoms with Crippen molar-refractivity contribution in [3.8, 4) is 5.75 Å². The van der Waals surface area contributed by atoms with Crippen LogP contribution in [0.3, 0.4) is 0 Å². The summed E-state index contributed by atoms with van der Waals surface area (Å²) < 4.78 is 3.06. The van der Waals surface area contributed by atoms with E-state index in [4.69, 9.17) is 4.99 Å². The standard InChI is InChI=1S/C19H15Br2N3O2/c1-24-8-9-2-4-22-14-12(9)16(24)18(26)15-13(14)19(3-5-23-15)6-10(20)17(25)11(21)7-19/h6-8H,2-5H2,1H3,(H,22,23)/p+1. The second kappa shape index (κ2) is 5.39. The van der Waals surface area contributed by atoms with Crippen LogP contribution in [0.5, 0.6) is 5.75 Å². The minimum absolute atomic E-state index is 0.0630. The van der Waals surface area contributed by atoms with E-state index in [0.717, 1.165) is 46.9 Å². The number of fused-ring (bicyclic) bond motifs is 3. The largest absolute Gasteiger partial charge is 0.501 e. The van der Waals surface area contributed by atoms with E-state index in [1.54, 1.807) is 0 Å². The predicted octanol–water partition coefficient (Wildman–Crippen LogP) is 2.12. The second-order valence-electron chi connectivity index (χ2n) is 7.10. The van der Waals surface area contributed by atoms with Crippen molar-refractivity contribution in [1.29, 1.82) is 0 Å². The van der Waals surface area contributed by atoms with E-state index in [1.165, 1.54) is 5.57 Å². The van der Waals surface area contributed by atoms with Crippen LogP contribution in [0.2, 0.25) is 0 Å². The van der Waals surface area contributed by atoms with Gasteiger partial charge in [-0.2, -0.15) is 4.58 Å². The zero-order valence-electron chi connectivity index (χ0n) is 14.1. The van der Waals surface area contributed by atoms with Gasteiger partial charge in [0.25, 0.3) is 5.69 Å². The first-order valence-electron chi connectivity index (χ1n) is 8.53. The van der Waals surface area contributed by atoms with Crippen molar-refractivity contribution in [2.75, 3.05) is 25.5 Å². The highest BCUT2D eigenvalue weighted by Gasteiger charge is 2.43. The summed E-state index contributed by atoms with van der Waals surface area (Å²) in [7, 11) is 1.96. The van der Waals surface area contributed by atoms with Gasteiger partial charge in [0.05, 0.1) is 25.2 Å². The molecule has 26 heavy (non-hydrogen) atoms. The number of phenolic OH excluding ortho intramolecular Hbond substituents is 1. The van der Waals surface area contributed by atoms with Crippen molar-refractivity contribution in [2.24, 2.45) is 4.99 Å². The lowest BCUT2D eigenvalue weighted by Crippen LogP contribution is -2.45. The number of Topliss-reactive ketones (excluding diaryl/α,β-unsaturated/α-hetero) is 1. The van der Waals surface area contributed by atoms with Gasteiger partial charge in [0.2, 0.25) is 11.5 Å². The molecule has 5 nitrogen and oxygen atoms in total. The fraction of sp³-hybridized carbons (Fsp3) is 0.316. The van der Waals surface area contributed by atoms with E-state index in [0.29, 0.717) is 15.5 Å². The van der Waals surface area contributed by atoms with E-state index in [-0.39, 0.29) is 11.5 Å². The first-order valence-corrected chi connectivity index (χ1v) is 10.1. The fourth-order valence-electron chi connectivity index (χ4n) is 4.53. The molecular formula is C19H16Br2N3O2+. The first kappa shape index (κ1) is 16.4. The molecule has 0 bridgehead atoms. The summed E-state index contributed by atoms with van der Waals surface area (Å²) in [5.74, 6) is 0.196. The SMILES string of the molecule is C[N+]1=CC2=c3c1c(O)c1c(c3=NCC2)C2(C=C(Br)C(=O)C(Br)=C2)CCN1. The molecule has 1 aromatic rings. The van der Waals surface area contributed by atoms with Crippen LogP contribution in [0.25, 0.3) is 5.57 Å². The minimum Gasteiger partial charge on any atom is -0.501 e. The number of hydrogen-bond acceptors (Lipinski definition) is 4. The fourth-order valence-corrected chi connectivity index (χ4v) is 6.04. The Balaban J connectivity index is 1.95. The van der Waals surface area contributed by atoms with Gasteiger partial charge in [0, 0.05) is 29.6 Å². The van der Waals surface area contributed by atoms with Gasteiger partial charge in [0.1, 0.15) is 7.05 Å². The third-order valence-corrected chi connectivity index (χ3v) is 6.78. The Labute approximate surface area is 166 Å². The number of ketones is 1. The van der Waals surface area contributed by atoms with Crippen molar-refractivity contribution in [3.63, 3.8) is 0 Å². The molecule has 1 aliphatic carbocycles. The molecule has 3 heterocycles. The average molecular weight is 478 g/mol. The Hall–Kier alpha value is -1.73. The van der Waals surface area contributed by atoms with Crippen LogP contribution < -0.4 is 15.9 Å². The Morgan fingerprint density at radius 1 is 1.31 bits per heavy atom. The third-order valence-electron chi connectivity index (χ3n) is 5.60. The first-order chi connectivity index (χ1) is 12.4. The highest BCUT2D eigenvalue weighted by atomic mass is 79.9. The van der Waals surface area contributed by atoms with E-state index >= 15 is 0 Å². The van der Waals surface area contributed by atoms with Crippen molar-refractivity contribution < 1.29 is 14.5 Å². The molecule has 0 saturated heterocycles. The maximum Gasteiger partial charge on any atom is 0.259 e. The molecule has 0 unspecified atom stereocenters. The van der Waals surface area contributed by atoms with Crippen molar-refractivity contribution >= 4 is 60.8 Å². The van der Waals surface area contributed by atoms with Gasteiger partial charge in [-0.25, -0.2) is 0 Å². The summed E-state index contributed by atoms with van der Waals surface area (Å²) in [5, 5.41) is 16.4. The van der Waals surface area contributed by atoms with Gasteiger partial charge in [-0.3, -0.25) is 9.79 Å². The monoisotopic (exact) mass is 476 g/mol. The lowest BCUT2D eigenvalue weighted by atomic mass is 9.71. The summed E-state index contributed by atoms with van der Waals surface area (Å²) in [6.45, 7) is 1.43. The summed E-state index contributed by atoms with van der Waals surface area (Å²) in [5.41, 5.74) is 3.23. The van der Waals surface area contributed by atoms with Gasteiger partial charge in [0.15, 0.2) is 6.21 Å². The molecule has 5 rings (SSSR count). The molecule has 0 radical (unpaired) electrons. The van der Waals surface area contributed by atoms with Crippen LogP contribution in [0.15, 0.2) is 26.1 Å². The van der Waals surface area contributed by atoms with Crippen molar-refractivity contribution in [3.05, 3.63) is 37.3 Å². The van der Waals surface area contributed by atoms with Crippen LogP contribution >= 0.6 is 31.9 Å². The lowest BCUT2D eigenvalue weighted by molar-refractivity contribution is -0.397. The van der Waals surface area contributed by atoms with E-state index in [2.05, 4.69) is 43.4 Å². The molecule has 0 amide bonds. The molecule has 0 aromatic heterocycles. The Kier molecular flexibility index (Phi) is 3.41. The summed E-state index contributed by atoms with van der Waals surface area (Å²) in [6, 6.07) is 0. The number of phenols is 1. The second-order valence-corrected chi connectivity index (χ2v) is 8.81. The van der Waals surface area contributed by atoms with Crippen LogP contribution in [-0.2, 0) is 10.2 Å². The zero-order chi connectivity index (χ0) is 18.2. The maximum atomic E-state index is 12.2. The van der Waals surface area contributed by atoms with Crippen LogP contribution in [-0.4, -0.2) is 41.8 Å². The van der Waals surface area contributed by atoms with Crippen molar-refractivity contribution in [2.45, 2.75) is 18.3 Å². The molecule has 1 spiro atoms. The third kappa shape index (κ3) is 1.98. The quantitative estimate of drug-likeness (QED) is 0.444. The van der Waals surface area contributed by atoms with Gasteiger partial charge >= 0.3 is 0 Å². The number of anilines is 1. The topological polar surface area (TPSA) is 64.7 Å². The highest BCUT2D eigenvalue weighted by molar-refractivity contribution is 9.13. The molecule has 2 N–H and O–H groups in total. The molecule has 3 aliphatic heterocycles. The summed E-state index contributed by atoms with van der Waals surface area (Å²) >= 11 is 6.85. The predicted molar refractivity (Wildman–Crippen MR) is 107 cm³/mol. The normalized spacial score (nSPS) is 22.0. The van der Waals surface area contributed by atoms with Gasteiger partial charge < -0.3 is 10.4 Å². The van der Waals surface area contributed by atoms with E-state index < -0.39 is 5.41 Å². The molecular weight excluding hydrogens is 462 g/mol. The Morgan fingerprint density at radius 3 is 2.77 bits per heavy atom. The smallest absolute Gasteiger partial charge is 0.259 e. The average Bonchev–Trinajstić information content (AvgIpc) is 2.94. The molecule has 7 heteroatoms. The van der Waals surface area contributed by atoms with Gasteiger partial charge in [-0.15, -0.1) is 0 Å². The number of allylic oxidation sites excluding steroid dienone is 4. The number of aromatic hydroxyl groups is 1. The molecule has 0 saturated carbocycles. The number of nitrogens with zero attached hydrogens (tertiary/aromatic N) is 2. The maximum absolute atomic E-state index is 12.2. The molecule has 132 valence electrons. The number of halogens is 2. The number of benzene rings is 1.